The van der Waals surface area contributed by atoms with Crippen LogP contribution in [0.25, 0.3) is 11.1 Å². The van der Waals surface area contributed by atoms with Crippen molar-refractivity contribution in [3.63, 3.8) is 0 Å². The second-order valence-corrected chi connectivity index (χ2v) is 11.1. The molecule has 1 radical (unpaired) electrons. The molecule has 0 spiro atoms. The van der Waals surface area contributed by atoms with E-state index >= 15 is 0 Å². The molecule has 2 aromatic carbocycles. The Morgan fingerprint density at radius 3 is 2.00 bits per heavy atom. The quantitative estimate of drug-likeness (QED) is 0.551. The molecule has 0 atom stereocenters. The van der Waals surface area contributed by atoms with Crippen molar-refractivity contribution in [2.75, 3.05) is 7.11 Å². The van der Waals surface area contributed by atoms with E-state index in [1.165, 1.54) is 22.3 Å². The van der Waals surface area contributed by atoms with E-state index in [1.54, 1.807) is 7.11 Å². The van der Waals surface area contributed by atoms with E-state index in [-0.39, 0.29) is 18.3 Å². The summed E-state index contributed by atoms with van der Waals surface area (Å²) < 4.78 is 24.3. The first-order chi connectivity index (χ1) is 14.8. The van der Waals surface area contributed by atoms with Gasteiger partial charge >= 0.3 is 14.6 Å². The van der Waals surface area contributed by atoms with Gasteiger partial charge < -0.3 is 18.7 Å². The molecule has 0 bridgehead atoms. The SMILES string of the molecule is COC(C)(C)C(C)(C)O[B]c1ccc2c(c1)Cc1cc(B3OC(C)(C)C(C)(C)O3)ccc1-2. The van der Waals surface area contributed by atoms with Crippen molar-refractivity contribution >= 4 is 25.5 Å². The zero-order valence-corrected chi connectivity index (χ0v) is 21.0. The minimum atomic E-state index is -0.457. The largest absolute Gasteiger partial charge is 0.494 e. The molecule has 4 nitrogen and oxygen atoms in total. The van der Waals surface area contributed by atoms with Gasteiger partial charge in [0.25, 0.3) is 0 Å². The molecule has 1 aliphatic heterocycles. The summed E-state index contributed by atoms with van der Waals surface area (Å²) in [6.07, 6.45) is 0.895. The fourth-order valence-electron chi connectivity index (χ4n) is 4.05. The van der Waals surface area contributed by atoms with Gasteiger partial charge in [0, 0.05) is 7.11 Å². The average molecular weight is 433 g/mol. The summed E-state index contributed by atoms with van der Waals surface area (Å²) in [4.78, 5) is 0. The van der Waals surface area contributed by atoms with Gasteiger partial charge in [-0.3, -0.25) is 0 Å². The molecule has 2 aromatic rings. The summed E-state index contributed by atoms with van der Waals surface area (Å²) in [6.45, 7) is 16.5. The van der Waals surface area contributed by atoms with E-state index in [9.17, 15) is 0 Å². The zero-order valence-electron chi connectivity index (χ0n) is 21.0. The Hall–Kier alpha value is -1.59. The number of hydrogen-bond donors (Lipinski definition) is 0. The highest BCUT2D eigenvalue weighted by atomic mass is 16.7. The summed E-state index contributed by atoms with van der Waals surface area (Å²) in [5.41, 5.74) is 5.80. The van der Waals surface area contributed by atoms with Crippen LogP contribution in [0.1, 0.15) is 66.5 Å². The number of hydrogen-bond acceptors (Lipinski definition) is 4. The van der Waals surface area contributed by atoms with Gasteiger partial charge in [0.05, 0.1) is 22.4 Å². The van der Waals surface area contributed by atoms with Crippen LogP contribution in [0.2, 0.25) is 0 Å². The molecule has 169 valence electrons. The van der Waals surface area contributed by atoms with Crippen LogP contribution in [-0.4, -0.2) is 44.1 Å². The fourth-order valence-corrected chi connectivity index (χ4v) is 4.05. The Labute approximate surface area is 194 Å². The third-order valence-electron chi connectivity index (χ3n) is 7.90. The smallest absolute Gasteiger partial charge is 0.427 e. The van der Waals surface area contributed by atoms with E-state index in [2.05, 4.69) is 64.1 Å². The number of ether oxygens (including phenoxy) is 1. The predicted molar refractivity (Wildman–Crippen MR) is 132 cm³/mol. The van der Waals surface area contributed by atoms with Gasteiger partial charge in [0.2, 0.25) is 0 Å². The fraction of sp³-hybridized carbons (Fsp3) is 0.538. The van der Waals surface area contributed by atoms with E-state index in [0.717, 1.165) is 17.3 Å². The molecule has 0 saturated carbocycles. The van der Waals surface area contributed by atoms with Gasteiger partial charge in [0.15, 0.2) is 0 Å². The molecule has 1 heterocycles. The lowest BCUT2D eigenvalue weighted by Gasteiger charge is -2.40. The first-order valence-corrected chi connectivity index (χ1v) is 11.4. The van der Waals surface area contributed by atoms with Gasteiger partial charge in [-0.25, -0.2) is 0 Å². The van der Waals surface area contributed by atoms with E-state index in [1.807, 2.05) is 35.2 Å². The lowest BCUT2D eigenvalue weighted by Crippen LogP contribution is -2.50. The number of benzene rings is 2. The van der Waals surface area contributed by atoms with E-state index in [0.29, 0.717) is 0 Å². The normalized spacial score (nSPS) is 19.1. The highest BCUT2D eigenvalue weighted by molar-refractivity contribution is 6.62. The first-order valence-electron chi connectivity index (χ1n) is 11.4. The maximum atomic E-state index is 6.25. The van der Waals surface area contributed by atoms with Crippen molar-refractivity contribution in [1.29, 1.82) is 0 Å². The molecule has 1 aliphatic carbocycles. The van der Waals surface area contributed by atoms with E-state index < -0.39 is 11.2 Å². The second kappa shape index (κ2) is 7.73. The molecule has 0 amide bonds. The lowest BCUT2D eigenvalue weighted by atomic mass is 9.78. The van der Waals surface area contributed by atoms with Crippen LogP contribution in [-0.2, 0) is 25.1 Å². The maximum absolute atomic E-state index is 6.25. The molecule has 4 rings (SSSR count). The van der Waals surface area contributed by atoms with Crippen LogP contribution >= 0.6 is 0 Å². The van der Waals surface area contributed by atoms with Gasteiger partial charge in [0.1, 0.15) is 0 Å². The van der Waals surface area contributed by atoms with Crippen LogP contribution in [0.3, 0.4) is 0 Å². The van der Waals surface area contributed by atoms with Crippen LogP contribution in [0.4, 0.5) is 0 Å². The van der Waals surface area contributed by atoms with Gasteiger partial charge in [-0.05, 0) is 89.5 Å². The van der Waals surface area contributed by atoms with Crippen molar-refractivity contribution in [3.8, 4) is 11.1 Å². The minimum absolute atomic E-state index is 0.335. The van der Waals surface area contributed by atoms with Crippen LogP contribution in [0, 0.1) is 0 Å². The molecule has 6 heteroatoms. The Morgan fingerprint density at radius 1 is 0.844 bits per heavy atom. The Bertz CT molecular complexity index is 1010. The number of rotatable bonds is 6. The van der Waals surface area contributed by atoms with Crippen molar-refractivity contribution in [2.45, 2.75) is 84.2 Å². The monoisotopic (exact) mass is 433 g/mol. The highest BCUT2D eigenvalue weighted by Gasteiger charge is 2.51. The lowest BCUT2D eigenvalue weighted by molar-refractivity contribution is -0.114. The second-order valence-electron chi connectivity index (χ2n) is 11.1. The van der Waals surface area contributed by atoms with Crippen molar-refractivity contribution in [3.05, 3.63) is 47.5 Å². The first kappa shape index (κ1) is 23.6. The molecule has 2 aliphatic rings. The summed E-state index contributed by atoms with van der Waals surface area (Å²) in [7, 11) is 3.23. The van der Waals surface area contributed by atoms with Crippen molar-refractivity contribution < 1.29 is 18.7 Å². The molecule has 1 saturated heterocycles. The minimum Gasteiger partial charge on any atom is -0.427 e. The third kappa shape index (κ3) is 3.96. The number of methoxy groups -OCH3 is 1. The Balaban J connectivity index is 1.51. The van der Waals surface area contributed by atoms with Crippen LogP contribution < -0.4 is 10.9 Å². The molecule has 0 unspecified atom stereocenters. The summed E-state index contributed by atoms with van der Waals surface area (Å²) >= 11 is 0. The third-order valence-corrected chi connectivity index (χ3v) is 7.90. The van der Waals surface area contributed by atoms with Gasteiger partial charge in [-0.1, -0.05) is 41.9 Å². The zero-order chi connectivity index (χ0) is 23.5. The van der Waals surface area contributed by atoms with Gasteiger partial charge in [-0.2, -0.15) is 0 Å². The van der Waals surface area contributed by atoms with Gasteiger partial charge in [-0.15, -0.1) is 0 Å². The molecule has 0 N–H and O–H groups in total. The van der Waals surface area contributed by atoms with Crippen molar-refractivity contribution in [1.82, 2.24) is 0 Å². The maximum Gasteiger partial charge on any atom is 0.494 e. The standard InChI is InChI=1S/C26H35B2O4/c1-23(2,29-9)24(3,4)30-27-19-10-12-21-17(15-19)14-18-16-20(11-13-22(18)21)28-31-25(5,6)26(7,8)32-28/h10-13,15-16H,14H2,1-9H3. The average Bonchev–Trinajstić information content (AvgIpc) is 3.18. The predicted octanol–water partition coefficient (Wildman–Crippen LogP) is 4.02. The summed E-state index contributed by atoms with van der Waals surface area (Å²) in [5.74, 6) is 0. The Kier molecular flexibility index (Phi) is 5.69. The molecule has 32 heavy (non-hydrogen) atoms. The van der Waals surface area contributed by atoms with Crippen LogP contribution in [0.15, 0.2) is 36.4 Å². The van der Waals surface area contributed by atoms with Crippen LogP contribution in [0.5, 0.6) is 0 Å². The molecule has 1 fully saturated rings. The molecular weight excluding hydrogens is 398 g/mol. The van der Waals surface area contributed by atoms with E-state index in [4.69, 9.17) is 18.7 Å². The number of fused-ring (bicyclic) bond motifs is 3. The summed E-state index contributed by atoms with van der Waals surface area (Å²) in [6, 6.07) is 13.1. The van der Waals surface area contributed by atoms with Crippen molar-refractivity contribution in [2.24, 2.45) is 0 Å². The Morgan fingerprint density at radius 2 is 1.41 bits per heavy atom. The molecular formula is C26H35B2O4. The summed E-state index contributed by atoms with van der Waals surface area (Å²) in [5, 5.41) is 0. The molecule has 0 aromatic heterocycles. The topological polar surface area (TPSA) is 36.9 Å². The highest BCUT2D eigenvalue weighted by Crippen LogP contribution is 2.38.